The van der Waals surface area contributed by atoms with Gasteiger partial charge in [-0.25, -0.2) is 4.98 Å². The molecular weight excluding hydrogens is 200 g/mol. The molecule has 0 fully saturated rings. The van der Waals surface area contributed by atoms with Gasteiger partial charge in [0.05, 0.1) is 7.11 Å². The van der Waals surface area contributed by atoms with Crippen LogP contribution in [0.3, 0.4) is 0 Å². The van der Waals surface area contributed by atoms with Crippen LogP contribution in [0.2, 0.25) is 0 Å². The van der Waals surface area contributed by atoms with Crippen LogP contribution in [-0.4, -0.2) is 35.6 Å². The average molecular weight is 210 g/mol. The molecule has 0 saturated heterocycles. The number of carbonyl (C=O) groups excluding carboxylic acids is 1. The van der Waals surface area contributed by atoms with Crippen LogP contribution in [0.1, 0.15) is 10.4 Å². The molecule has 6 nitrogen and oxygen atoms in total. The summed E-state index contributed by atoms with van der Waals surface area (Å²) in [5, 5.41) is 10.6. The Morgan fingerprint density at radius 3 is 2.93 bits per heavy atom. The second kappa shape index (κ2) is 4.94. The van der Waals surface area contributed by atoms with Crippen molar-refractivity contribution in [3.63, 3.8) is 0 Å². The summed E-state index contributed by atoms with van der Waals surface area (Å²) in [6, 6.07) is 2.90. The molecule has 6 heteroatoms. The van der Waals surface area contributed by atoms with Gasteiger partial charge in [-0.1, -0.05) is 0 Å². The maximum absolute atomic E-state index is 11.4. The van der Waals surface area contributed by atoms with E-state index in [1.807, 2.05) is 0 Å². The first kappa shape index (κ1) is 11.0. The van der Waals surface area contributed by atoms with Crippen LogP contribution in [0.4, 0.5) is 0 Å². The second-order valence-corrected chi connectivity index (χ2v) is 2.66. The number of aliphatic carboxylic acids is 1. The fourth-order valence-corrected chi connectivity index (χ4v) is 0.920. The molecule has 1 rings (SSSR count). The molecule has 0 aromatic carbocycles. The van der Waals surface area contributed by atoms with Crippen LogP contribution in [0.25, 0.3) is 0 Å². The number of carboxylic acid groups (broad SMARTS) is 1. The highest BCUT2D eigenvalue weighted by Crippen LogP contribution is 2.07. The van der Waals surface area contributed by atoms with Gasteiger partial charge in [-0.2, -0.15) is 0 Å². The number of hydrogen-bond acceptors (Lipinski definition) is 4. The van der Waals surface area contributed by atoms with Crippen LogP contribution in [0, 0.1) is 0 Å². The Hall–Kier alpha value is -2.11. The van der Waals surface area contributed by atoms with Crippen molar-refractivity contribution in [3.05, 3.63) is 23.9 Å². The average Bonchev–Trinajstić information content (AvgIpc) is 2.26. The van der Waals surface area contributed by atoms with E-state index in [1.165, 1.54) is 25.4 Å². The SMILES string of the molecule is COc1cc(C(=O)NCC(=O)O)ccn1. The number of pyridine rings is 1. The Balaban J connectivity index is 2.69. The fraction of sp³-hybridized carbons (Fsp3) is 0.222. The minimum absolute atomic E-state index is 0.304. The monoisotopic (exact) mass is 210 g/mol. The van der Waals surface area contributed by atoms with Gasteiger partial charge in [0.1, 0.15) is 6.54 Å². The lowest BCUT2D eigenvalue weighted by Gasteiger charge is -2.03. The van der Waals surface area contributed by atoms with Crippen molar-refractivity contribution in [1.29, 1.82) is 0 Å². The molecule has 0 atom stereocenters. The smallest absolute Gasteiger partial charge is 0.322 e. The van der Waals surface area contributed by atoms with Crippen molar-refractivity contribution in [3.8, 4) is 5.88 Å². The van der Waals surface area contributed by atoms with Gasteiger partial charge < -0.3 is 15.2 Å². The Morgan fingerprint density at radius 1 is 1.60 bits per heavy atom. The molecule has 2 N–H and O–H groups in total. The van der Waals surface area contributed by atoms with Gasteiger partial charge in [0.2, 0.25) is 5.88 Å². The molecule has 0 aliphatic carbocycles. The van der Waals surface area contributed by atoms with Crippen molar-refractivity contribution in [1.82, 2.24) is 10.3 Å². The molecule has 0 spiro atoms. The first-order valence-electron chi connectivity index (χ1n) is 4.13. The van der Waals surface area contributed by atoms with Crippen molar-refractivity contribution >= 4 is 11.9 Å². The van der Waals surface area contributed by atoms with E-state index in [1.54, 1.807) is 0 Å². The summed E-state index contributed by atoms with van der Waals surface area (Å²) in [6.07, 6.45) is 1.41. The number of carbonyl (C=O) groups is 2. The third-order valence-corrected chi connectivity index (χ3v) is 1.61. The maximum Gasteiger partial charge on any atom is 0.322 e. The highest BCUT2D eigenvalue weighted by Gasteiger charge is 2.07. The lowest BCUT2D eigenvalue weighted by Crippen LogP contribution is -2.29. The number of ether oxygens (including phenoxy) is 1. The number of aromatic nitrogens is 1. The molecule has 0 radical (unpaired) electrons. The lowest BCUT2D eigenvalue weighted by molar-refractivity contribution is -0.135. The van der Waals surface area contributed by atoms with Crippen molar-refractivity contribution in [2.45, 2.75) is 0 Å². The molecule has 1 amide bonds. The third kappa shape index (κ3) is 3.26. The van der Waals surface area contributed by atoms with Gasteiger partial charge in [-0.15, -0.1) is 0 Å². The number of nitrogens with zero attached hydrogens (tertiary/aromatic N) is 1. The Kier molecular flexibility index (Phi) is 3.61. The normalized spacial score (nSPS) is 9.40. The van der Waals surface area contributed by atoms with Gasteiger partial charge in [0, 0.05) is 17.8 Å². The molecule has 0 unspecified atom stereocenters. The molecule has 0 saturated carbocycles. The predicted octanol–water partition coefficient (Wildman–Crippen LogP) is -0.0954. The number of hydrogen-bond donors (Lipinski definition) is 2. The van der Waals surface area contributed by atoms with E-state index in [0.717, 1.165) is 0 Å². The summed E-state index contributed by atoms with van der Waals surface area (Å²) in [5.74, 6) is -1.26. The van der Waals surface area contributed by atoms with Crippen molar-refractivity contribution < 1.29 is 19.4 Å². The highest BCUT2D eigenvalue weighted by atomic mass is 16.5. The zero-order chi connectivity index (χ0) is 11.3. The molecule has 0 aliphatic heterocycles. The summed E-state index contributed by atoms with van der Waals surface area (Å²) in [6.45, 7) is -0.413. The Labute approximate surface area is 85.9 Å². The number of carboxylic acids is 1. The van der Waals surface area contributed by atoms with Crippen molar-refractivity contribution in [2.75, 3.05) is 13.7 Å². The number of nitrogens with one attached hydrogen (secondary N) is 1. The Morgan fingerprint density at radius 2 is 2.33 bits per heavy atom. The fourth-order valence-electron chi connectivity index (χ4n) is 0.920. The topological polar surface area (TPSA) is 88.5 Å². The van der Waals surface area contributed by atoms with E-state index in [4.69, 9.17) is 9.84 Å². The van der Waals surface area contributed by atoms with Crippen molar-refractivity contribution in [2.24, 2.45) is 0 Å². The molecule has 1 aromatic heterocycles. The minimum atomic E-state index is -1.09. The van der Waals surface area contributed by atoms with E-state index in [-0.39, 0.29) is 0 Å². The summed E-state index contributed by atoms with van der Waals surface area (Å²) in [4.78, 5) is 25.4. The lowest BCUT2D eigenvalue weighted by atomic mass is 10.2. The van der Waals surface area contributed by atoms with Gasteiger partial charge in [-0.3, -0.25) is 9.59 Å². The van der Waals surface area contributed by atoms with Gasteiger partial charge in [0.25, 0.3) is 5.91 Å². The largest absolute Gasteiger partial charge is 0.481 e. The highest BCUT2D eigenvalue weighted by molar-refractivity contribution is 5.95. The first-order valence-corrected chi connectivity index (χ1v) is 4.13. The van der Waals surface area contributed by atoms with Gasteiger partial charge in [0.15, 0.2) is 0 Å². The van der Waals surface area contributed by atoms with Gasteiger partial charge >= 0.3 is 5.97 Å². The van der Waals surface area contributed by atoms with E-state index in [2.05, 4.69) is 10.3 Å². The summed E-state index contributed by atoms with van der Waals surface area (Å²) in [7, 11) is 1.43. The van der Waals surface area contributed by atoms with E-state index in [9.17, 15) is 9.59 Å². The van der Waals surface area contributed by atoms with E-state index >= 15 is 0 Å². The second-order valence-electron chi connectivity index (χ2n) is 2.66. The zero-order valence-corrected chi connectivity index (χ0v) is 8.06. The van der Waals surface area contributed by atoms with Crippen LogP contribution < -0.4 is 10.1 Å². The first-order chi connectivity index (χ1) is 7.13. The maximum atomic E-state index is 11.4. The number of amides is 1. The zero-order valence-electron chi connectivity index (χ0n) is 8.06. The van der Waals surface area contributed by atoms with E-state index in [0.29, 0.717) is 11.4 Å². The number of methoxy groups -OCH3 is 1. The molecule has 1 aromatic rings. The summed E-state index contributed by atoms with van der Waals surface area (Å²) >= 11 is 0. The number of rotatable bonds is 4. The molecule has 0 bridgehead atoms. The molecule has 0 aliphatic rings. The minimum Gasteiger partial charge on any atom is -0.481 e. The molecule has 1 heterocycles. The quantitative estimate of drug-likeness (QED) is 0.724. The predicted molar refractivity (Wildman–Crippen MR) is 50.8 cm³/mol. The molecule has 15 heavy (non-hydrogen) atoms. The summed E-state index contributed by atoms with van der Waals surface area (Å²) in [5.41, 5.74) is 0.308. The van der Waals surface area contributed by atoms with Gasteiger partial charge in [-0.05, 0) is 6.07 Å². The summed E-state index contributed by atoms with van der Waals surface area (Å²) < 4.78 is 4.82. The van der Waals surface area contributed by atoms with Crippen LogP contribution in [0.15, 0.2) is 18.3 Å². The van der Waals surface area contributed by atoms with E-state index < -0.39 is 18.4 Å². The molecule has 80 valence electrons. The van der Waals surface area contributed by atoms with Crippen LogP contribution in [-0.2, 0) is 4.79 Å². The third-order valence-electron chi connectivity index (χ3n) is 1.61. The van der Waals surface area contributed by atoms with Crippen LogP contribution >= 0.6 is 0 Å². The Bertz CT molecular complexity index is 378. The molecular formula is C9H10N2O4. The standard InChI is InChI=1S/C9H10N2O4/c1-15-7-4-6(2-3-10-7)9(14)11-5-8(12)13/h2-4H,5H2,1H3,(H,11,14)(H,12,13). The van der Waals surface area contributed by atoms with Crippen LogP contribution in [0.5, 0.6) is 5.88 Å².